The van der Waals surface area contributed by atoms with Crippen molar-refractivity contribution in [3.63, 3.8) is 0 Å². The standard InChI is InChI=1S/C26H31Cl2NO2/c1-26(2,3)31-16-23(17-7-8-17)29-24(30)14-13-22(19-5-4-6-21(28)15-19)25(29)18-9-11-20(27)12-10-18/h4-6,9-12,15,17,22-23,25H,7-8,13-14,16H2,1-3H3. The molecule has 2 aliphatic rings. The monoisotopic (exact) mass is 459 g/mol. The van der Waals surface area contributed by atoms with Gasteiger partial charge in [0.25, 0.3) is 0 Å². The lowest BCUT2D eigenvalue weighted by molar-refractivity contribution is -0.146. The van der Waals surface area contributed by atoms with Gasteiger partial charge < -0.3 is 9.64 Å². The van der Waals surface area contributed by atoms with Crippen molar-refractivity contribution in [3.05, 3.63) is 69.7 Å². The molecule has 2 aromatic carbocycles. The number of halogens is 2. The van der Waals surface area contributed by atoms with E-state index in [0.717, 1.165) is 29.8 Å². The number of rotatable bonds is 6. The van der Waals surface area contributed by atoms with Crippen molar-refractivity contribution in [2.45, 2.75) is 70.1 Å². The van der Waals surface area contributed by atoms with Gasteiger partial charge in [-0.25, -0.2) is 0 Å². The summed E-state index contributed by atoms with van der Waals surface area (Å²) in [5.74, 6) is 0.889. The molecule has 0 radical (unpaired) electrons. The van der Waals surface area contributed by atoms with Crippen LogP contribution >= 0.6 is 23.2 Å². The molecule has 5 heteroatoms. The summed E-state index contributed by atoms with van der Waals surface area (Å²) in [6.45, 7) is 6.77. The molecule has 1 aliphatic carbocycles. The summed E-state index contributed by atoms with van der Waals surface area (Å²) in [5.41, 5.74) is 2.05. The van der Waals surface area contributed by atoms with Crippen LogP contribution in [0.15, 0.2) is 48.5 Å². The number of carbonyl (C=O) groups is 1. The number of ether oxygens (including phenoxy) is 1. The fourth-order valence-corrected chi connectivity index (χ4v) is 5.03. The van der Waals surface area contributed by atoms with Gasteiger partial charge in [-0.2, -0.15) is 0 Å². The van der Waals surface area contributed by atoms with Crippen molar-refractivity contribution in [2.75, 3.05) is 6.61 Å². The molecule has 0 spiro atoms. The van der Waals surface area contributed by atoms with Crippen molar-refractivity contribution in [2.24, 2.45) is 5.92 Å². The Morgan fingerprint density at radius 2 is 1.71 bits per heavy atom. The van der Waals surface area contributed by atoms with Crippen LogP contribution in [0.5, 0.6) is 0 Å². The number of benzene rings is 2. The zero-order valence-electron chi connectivity index (χ0n) is 18.5. The van der Waals surface area contributed by atoms with Gasteiger partial charge in [-0.05, 0) is 81.3 Å². The second kappa shape index (κ2) is 9.13. The SMILES string of the molecule is CC(C)(C)OCC(C1CC1)N1C(=O)CCC(c2cccc(Cl)c2)C1c1ccc(Cl)cc1. The highest BCUT2D eigenvalue weighted by atomic mass is 35.5. The number of likely N-dealkylation sites (tertiary alicyclic amines) is 1. The van der Waals surface area contributed by atoms with E-state index in [1.165, 1.54) is 5.56 Å². The van der Waals surface area contributed by atoms with Gasteiger partial charge in [-0.3, -0.25) is 4.79 Å². The molecule has 1 saturated carbocycles. The van der Waals surface area contributed by atoms with Gasteiger partial charge in [-0.15, -0.1) is 0 Å². The lowest BCUT2D eigenvalue weighted by atomic mass is 9.78. The highest BCUT2D eigenvalue weighted by Crippen LogP contribution is 2.48. The minimum absolute atomic E-state index is 0.0637. The average molecular weight is 460 g/mol. The third-order valence-electron chi connectivity index (χ3n) is 6.34. The van der Waals surface area contributed by atoms with Crippen LogP contribution in [0.1, 0.15) is 69.5 Å². The molecule has 2 fully saturated rings. The fraction of sp³-hybridized carbons (Fsp3) is 0.500. The molecule has 0 aromatic heterocycles. The maximum absolute atomic E-state index is 13.4. The first-order valence-corrected chi connectivity index (χ1v) is 11.9. The third kappa shape index (κ3) is 5.45. The van der Waals surface area contributed by atoms with Crippen molar-refractivity contribution >= 4 is 29.1 Å². The molecule has 1 aliphatic heterocycles. The highest BCUT2D eigenvalue weighted by molar-refractivity contribution is 6.30. The summed E-state index contributed by atoms with van der Waals surface area (Å²) in [5, 5.41) is 1.43. The Hall–Kier alpha value is -1.55. The Morgan fingerprint density at radius 1 is 1.00 bits per heavy atom. The summed E-state index contributed by atoms with van der Waals surface area (Å²) in [6.07, 6.45) is 3.65. The third-order valence-corrected chi connectivity index (χ3v) is 6.82. The largest absolute Gasteiger partial charge is 0.374 e. The van der Waals surface area contributed by atoms with Crippen LogP contribution in [0.4, 0.5) is 0 Å². The fourth-order valence-electron chi connectivity index (χ4n) is 4.71. The molecule has 2 aromatic rings. The molecule has 3 unspecified atom stereocenters. The van der Waals surface area contributed by atoms with E-state index in [1.807, 2.05) is 30.3 Å². The average Bonchev–Trinajstić information content (AvgIpc) is 3.54. The Balaban J connectivity index is 1.75. The molecule has 4 rings (SSSR count). The number of hydrogen-bond donors (Lipinski definition) is 0. The van der Waals surface area contributed by atoms with Crippen LogP contribution in [0, 0.1) is 5.92 Å². The smallest absolute Gasteiger partial charge is 0.223 e. The molecule has 3 nitrogen and oxygen atoms in total. The van der Waals surface area contributed by atoms with Gasteiger partial charge >= 0.3 is 0 Å². The highest BCUT2D eigenvalue weighted by Gasteiger charge is 2.46. The second-order valence-corrected chi connectivity index (χ2v) is 10.7. The zero-order chi connectivity index (χ0) is 22.2. The molecular weight excluding hydrogens is 429 g/mol. The van der Waals surface area contributed by atoms with Crippen LogP contribution < -0.4 is 0 Å². The topological polar surface area (TPSA) is 29.5 Å². The predicted octanol–water partition coefficient (Wildman–Crippen LogP) is 7.03. The molecule has 166 valence electrons. The summed E-state index contributed by atoms with van der Waals surface area (Å²) >= 11 is 12.5. The molecule has 0 N–H and O–H groups in total. The zero-order valence-corrected chi connectivity index (χ0v) is 20.0. The summed E-state index contributed by atoms with van der Waals surface area (Å²) in [7, 11) is 0. The minimum Gasteiger partial charge on any atom is -0.374 e. The Labute approximate surface area is 195 Å². The van der Waals surface area contributed by atoms with E-state index < -0.39 is 0 Å². The Kier molecular flexibility index (Phi) is 6.67. The number of piperidine rings is 1. The van der Waals surface area contributed by atoms with Crippen molar-refractivity contribution < 1.29 is 9.53 Å². The van der Waals surface area contributed by atoms with Gasteiger partial charge in [0, 0.05) is 22.4 Å². The first-order chi connectivity index (χ1) is 14.7. The molecule has 3 atom stereocenters. The molecule has 1 heterocycles. The molecular formula is C26H31Cl2NO2. The lowest BCUT2D eigenvalue weighted by Gasteiger charge is -2.46. The quantitative estimate of drug-likeness (QED) is 0.463. The molecule has 0 bridgehead atoms. The summed E-state index contributed by atoms with van der Waals surface area (Å²) in [6, 6.07) is 16.0. The maximum atomic E-state index is 13.4. The van der Waals surface area contributed by atoms with E-state index in [2.05, 4.69) is 43.9 Å². The van der Waals surface area contributed by atoms with Crippen molar-refractivity contribution in [3.8, 4) is 0 Å². The summed E-state index contributed by atoms with van der Waals surface area (Å²) < 4.78 is 6.22. The van der Waals surface area contributed by atoms with Crippen LogP contribution in [0.3, 0.4) is 0 Å². The van der Waals surface area contributed by atoms with Gasteiger partial charge in [0.15, 0.2) is 0 Å². The number of hydrogen-bond acceptors (Lipinski definition) is 2. The number of carbonyl (C=O) groups excluding carboxylic acids is 1. The first-order valence-electron chi connectivity index (χ1n) is 11.2. The van der Waals surface area contributed by atoms with E-state index in [-0.39, 0.29) is 29.5 Å². The second-order valence-electron chi connectivity index (χ2n) is 9.83. The van der Waals surface area contributed by atoms with Crippen molar-refractivity contribution in [1.29, 1.82) is 0 Å². The Morgan fingerprint density at radius 3 is 2.32 bits per heavy atom. The van der Waals surface area contributed by atoms with Gasteiger partial charge in [-0.1, -0.05) is 47.5 Å². The van der Waals surface area contributed by atoms with E-state index in [0.29, 0.717) is 24.0 Å². The molecule has 1 amide bonds. The number of nitrogens with zero attached hydrogens (tertiary/aromatic N) is 1. The van der Waals surface area contributed by atoms with Gasteiger partial charge in [0.1, 0.15) is 0 Å². The van der Waals surface area contributed by atoms with Crippen LogP contribution in [0.25, 0.3) is 0 Å². The molecule has 31 heavy (non-hydrogen) atoms. The normalized spacial score (nSPS) is 23.1. The van der Waals surface area contributed by atoms with E-state index in [4.69, 9.17) is 27.9 Å². The molecule has 1 saturated heterocycles. The van der Waals surface area contributed by atoms with E-state index >= 15 is 0 Å². The number of amides is 1. The minimum atomic E-state index is -0.242. The Bertz CT molecular complexity index is 918. The van der Waals surface area contributed by atoms with Crippen LogP contribution in [0.2, 0.25) is 10.0 Å². The predicted molar refractivity (Wildman–Crippen MR) is 127 cm³/mol. The van der Waals surface area contributed by atoms with E-state index in [9.17, 15) is 4.79 Å². The van der Waals surface area contributed by atoms with Crippen molar-refractivity contribution in [1.82, 2.24) is 4.90 Å². The maximum Gasteiger partial charge on any atom is 0.223 e. The van der Waals surface area contributed by atoms with Crippen LogP contribution in [-0.4, -0.2) is 29.1 Å². The lowest BCUT2D eigenvalue weighted by Crippen LogP contribution is -2.51. The first kappa shape index (κ1) is 22.6. The van der Waals surface area contributed by atoms with E-state index in [1.54, 1.807) is 0 Å². The van der Waals surface area contributed by atoms with Gasteiger partial charge in [0.05, 0.1) is 24.3 Å². The van der Waals surface area contributed by atoms with Crippen LogP contribution in [-0.2, 0) is 9.53 Å². The van der Waals surface area contributed by atoms with Gasteiger partial charge in [0.2, 0.25) is 5.91 Å². The summed E-state index contributed by atoms with van der Waals surface area (Å²) in [4.78, 5) is 15.5.